The van der Waals surface area contributed by atoms with Crippen LogP contribution < -0.4 is 19.7 Å². The van der Waals surface area contributed by atoms with Gasteiger partial charge in [0.1, 0.15) is 17.5 Å². The van der Waals surface area contributed by atoms with Crippen molar-refractivity contribution in [2.24, 2.45) is 0 Å². The highest BCUT2D eigenvalue weighted by atomic mass is 16.5. The van der Waals surface area contributed by atoms with Gasteiger partial charge in [0.2, 0.25) is 5.91 Å². The summed E-state index contributed by atoms with van der Waals surface area (Å²) in [6.45, 7) is 0. The first kappa shape index (κ1) is 15.9. The Morgan fingerprint density at radius 2 is 1.58 bits per heavy atom. The highest BCUT2D eigenvalue weighted by Crippen LogP contribution is 2.33. The molecule has 1 N–H and O–H groups in total. The Labute approximate surface area is 140 Å². The number of rotatable bonds is 5. The van der Waals surface area contributed by atoms with Gasteiger partial charge in [0.25, 0.3) is 5.91 Å². The first-order valence-corrected chi connectivity index (χ1v) is 7.55. The number of carbonyl (C=O) groups excluding carboxylic acids is 2. The molecule has 1 aliphatic heterocycles. The summed E-state index contributed by atoms with van der Waals surface area (Å²) in [7, 11) is 3.07. The fourth-order valence-electron chi connectivity index (χ4n) is 2.76. The number of methoxy groups -OCH3 is 2. The predicted molar refractivity (Wildman–Crippen MR) is 90.5 cm³/mol. The van der Waals surface area contributed by atoms with Crippen molar-refractivity contribution in [2.75, 3.05) is 24.4 Å². The number of ether oxygens (including phenoxy) is 2. The molecule has 3 rings (SSSR count). The lowest BCUT2D eigenvalue weighted by Crippen LogP contribution is -2.35. The number of imide groups is 1. The zero-order chi connectivity index (χ0) is 17.1. The van der Waals surface area contributed by atoms with Crippen LogP contribution in [0.15, 0.2) is 48.5 Å². The average molecular weight is 326 g/mol. The van der Waals surface area contributed by atoms with E-state index in [0.717, 1.165) is 0 Å². The van der Waals surface area contributed by atoms with Crippen LogP contribution in [-0.4, -0.2) is 32.1 Å². The van der Waals surface area contributed by atoms with Gasteiger partial charge in [0.15, 0.2) is 0 Å². The van der Waals surface area contributed by atoms with E-state index in [2.05, 4.69) is 5.32 Å². The molecule has 0 bridgehead atoms. The topological polar surface area (TPSA) is 67.9 Å². The van der Waals surface area contributed by atoms with Gasteiger partial charge in [-0.1, -0.05) is 24.3 Å². The van der Waals surface area contributed by atoms with Crippen molar-refractivity contribution in [1.29, 1.82) is 0 Å². The first-order chi connectivity index (χ1) is 11.7. The summed E-state index contributed by atoms with van der Waals surface area (Å²) in [5.74, 6) is 0.526. The van der Waals surface area contributed by atoms with Crippen LogP contribution in [0.1, 0.15) is 6.42 Å². The van der Waals surface area contributed by atoms with Gasteiger partial charge in [-0.15, -0.1) is 0 Å². The number of para-hydroxylation sites is 4. The molecule has 2 amide bonds. The molecule has 0 saturated carbocycles. The van der Waals surface area contributed by atoms with Crippen LogP contribution in [0.25, 0.3) is 0 Å². The van der Waals surface area contributed by atoms with Crippen molar-refractivity contribution in [1.82, 2.24) is 0 Å². The maximum Gasteiger partial charge on any atom is 0.256 e. The third-order valence-corrected chi connectivity index (χ3v) is 3.91. The zero-order valence-corrected chi connectivity index (χ0v) is 13.5. The standard InChI is InChI=1S/C18H18N2O4/c1-23-15-9-5-3-7-12(15)19-13-11-17(21)20(18(13)22)14-8-4-6-10-16(14)24-2/h3-10,13,19H,11H2,1-2H3/t13-/m0/s1. The monoisotopic (exact) mass is 326 g/mol. The van der Waals surface area contributed by atoms with Gasteiger partial charge in [-0.25, -0.2) is 4.90 Å². The van der Waals surface area contributed by atoms with Gasteiger partial charge in [-0.3, -0.25) is 9.59 Å². The SMILES string of the molecule is COc1ccccc1N[C@H]1CC(=O)N(c2ccccc2OC)C1=O. The molecule has 1 atom stereocenters. The Hall–Kier alpha value is -3.02. The smallest absolute Gasteiger partial charge is 0.256 e. The van der Waals surface area contributed by atoms with Crippen molar-refractivity contribution in [3.05, 3.63) is 48.5 Å². The second-order valence-corrected chi connectivity index (χ2v) is 5.34. The molecule has 2 aromatic carbocycles. The van der Waals surface area contributed by atoms with Crippen LogP contribution >= 0.6 is 0 Å². The van der Waals surface area contributed by atoms with E-state index in [4.69, 9.17) is 9.47 Å². The van der Waals surface area contributed by atoms with E-state index >= 15 is 0 Å². The molecular formula is C18H18N2O4. The molecule has 1 fully saturated rings. The summed E-state index contributed by atoms with van der Waals surface area (Å²) in [5.41, 5.74) is 1.13. The molecule has 0 aliphatic carbocycles. The van der Waals surface area contributed by atoms with E-state index in [1.165, 1.54) is 12.0 Å². The Kier molecular flexibility index (Phi) is 4.37. The quantitative estimate of drug-likeness (QED) is 0.855. The molecule has 0 unspecified atom stereocenters. The van der Waals surface area contributed by atoms with E-state index in [1.54, 1.807) is 37.4 Å². The van der Waals surface area contributed by atoms with Crippen molar-refractivity contribution in [3.63, 3.8) is 0 Å². The summed E-state index contributed by atoms with van der Waals surface area (Å²) in [6.07, 6.45) is 0.0783. The summed E-state index contributed by atoms with van der Waals surface area (Å²) in [5, 5.41) is 3.10. The summed E-state index contributed by atoms with van der Waals surface area (Å²) in [4.78, 5) is 26.3. The van der Waals surface area contributed by atoms with Crippen LogP contribution in [0.3, 0.4) is 0 Å². The van der Waals surface area contributed by atoms with Crippen molar-refractivity contribution in [3.8, 4) is 11.5 Å². The second kappa shape index (κ2) is 6.62. The lowest BCUT2D eigenvalue weighted by Gasteiger charge is -2.19. The average Bonchev–Trinajstić information content (AvgIpc) is 2.89. The van der Waals surface area contributed by atoms with E-state index in [0.29, 0.717) is 22.9 Å². The van der Waals surface area contributed by atoms with Gasteiger partial charge in [-0.2, -0.15) is 0 Å². The lowest BCUT2D eigenvalue weighted by atomic mass is 10.2. The van der Waals surface area contributed by atoms with E-state index in [-0.39, 0.29) is 18.2 Å². The molecule has 0 aromatic heterocycles. The predicted octanol–water partition coefficient (Wildman–Crippen LogP) is 2.45. The lowest BCUT2D eigenvalue weighted by molar-refractivity contribution is -0.121. The molecule has 0 spiro atoms. The van der Waals surface area contributed by atoms with Gasteiger partial charge >= 0.3 is 0 Å². The number of benzene rings is 2. The molecule has 24 heavy (non-hydrogen) atoms. The minimum absolute atomic E-state index is 0.0783. The zero-order valence-electron chi connectivity index (χ0n) is 13.5. The van der Waals surface area contributed by atoms with E-state index in [1.807, 2.05) is 18.2 Å². The number of hydrogen-bond donors (Lipinski definition) is 1. The summed E-state index contributed by atoms with van der Waals surface area (Å²) < 4.78 is 10.5. The van der Waals surface area contributed by atoms with Crippen LogP contribution in [0.2, 0.25) is 0 Å². The molecule has 6 nitrogen and oxygen atoms in total. The Balaban J connectivity index is 1.87. The van der Waals surface area contributed by atoms with Gasteiger partial charge in [-0.05, 0) is 24.3 Å². The third-order valence-electron chi connectivity index (χ3n) is 3.91. The number of carbonyl (C=O) groups is 2. The Morgan fingerprint density at radius 3 is 2.29 bits per heavy atom. The molecule has 1 heterocycles. The highest BCUT2D eigenvalue weighted by molar-refractivity contribution is 6.23. The second-order valence-electron chi connectivity index (χ2n) is 5.34. The highest BCUT2D eigenvalue weighted by Gasteiger charge is 2.40. The Bertz CT molecular complexity index is 775. The summed E-state index contributed by atoms with van der Waals surface area (Å²) >= 11 is 0. The van der Waals surface area contributed by atoms with Gasteiger partial charge in [0, 0.05) is 0 Å². The van der Waals surface area contributed by atoms with Crippen molar-refractivity contribution in [2.45, 2.75) is 12.5 Å². The maximum atomic E-state index is 12.7. The number of amides is 2. The molecule has 6 heteroatoms. The minimum Gasteiger partial charge on any atom is -0.495 e. The van der Waals surface area contributed by atoms with Crippen LogP contribution in [-0.2, 0) is 9.59 Å². The molecule has 1 saturated heterocycles. The van der Waals surface area contributed by atoms with Gasteiger partial charge < -0.3 is 14.8 Å². The van der Waals surface area contributed by atoms with Crippen LogP contribution in [0.4, 0.5) is 11.4 Å². The largest absolute Gasteiger partial charge is 0.495 e. The molecule has 124 valence electrons. The maximum absolute atomic E-state index is 12.7. The van der Waals surface area contributed by atoms with Gasteiger partial charge in [0.05, 0.1) is 32.0 Å². The summed E-state index contributed by atoms with van der Waals surface area (Å²) in [6, 6.07) is 13.6. The Morgan fingerprint density at radius 1 is 0.958 bits per heavy atom. The number of nitrogens with one attached hydrogen (secondary N) is 1. The third kappa shape index (κ3) is 2.78. The number of anilines is 2. The van der Waals surface area contributed by atoms with Crippen molar-refractivity contribution < 1.29 is 19.1 Å². The molecular weight excluding hydrogens is 308 g/mol. The fraction of sp³-hybridized carbons (Fsp3) is 0.222. The fourth-order valence-corrected chi connectivity index (χ4v) is 2.76. The van der Waals surface area contributed by atoms with Crippen LogP contribution in [0, 0.1) is 0 Å². The number of nitrogens with zero attached hydrogens (tertiary/aromatic N) is 1. The molecule has 2 aromatic rings. The normalized spacial score (nSPS) is 17.1. The van der Waals surface area contributed by atoms with E-state index < -0.39 is 6.04 Å². The first-order valence-electron chi connectivity index (χ1n) is 7.55. The van der Waals surface area contributed by atoms with Crippen molar-refractivity contribution >= 4 is 23.2 Å². The number of hydrogen-bond acceptors (Lipinski definition) is 5. The molecule has 1 aliphatic rings. The molecule has 0 radical (unpaired) electrons. The minimum atomic E-state index is -0.640. The van der Waals surface area contributed by atoms with Crippen LogP contribution in [0.5, 0.6) is 11.5 Å². The van der Waals surface area contributed by atoms with E-state index in [9.17, 15) is 9.59 Å².